The van der Waals surface area contributed by atoms with Crippen molar-refractivity contribution in [3.8, 4) is 0 Å². The first-order chi connectivity index (χ1) is 10.8. The van der Waals surface area contributed by atoms with E-state index in [1.54, 1.807) is 21.5 Å². The minimum atomic E-state index is -0.320. The largest absolute Gasteiger partial charge is 0.0832 e. The summed E-state index contributed by atoms with van der Waals surface area (Å²) >= 11 is 0. The molecule has 0 nitrogen and oxygen atoms in total. The first-order valence-corrected chi connectivity index (χ1v) is 9.74. The molecule has 0 N–H and O–H groups in total. The van der Waals surface area contributed by atoms with Gasteiger partial charge in [-0.15, -0.1) is 0 Å². The van der Waals surface area contributed by atoms with E-state index in [0.29, 0.717) is 0 Å². The van der Waals surface area contributed by atoms with Crippen molar-refractivity contribution >= 4 is 14.7 Å². The lowest BCUT2D eigenvalue weighted by Gasteiger charge is -2.08. The van der Waals surface area contributed by atoms with Crippen molar-refractivity contribution in [1.29, 1.82) is 0 Å². The lowest BCUT2D eigenvalue weighted by atomic mass is 10.1. The highest BCUT2D eigenvalue weighted by molar-refractivity contribution is 6.61. The standard InChI is InChI=1S/C21H24Si/c1-2-9-18-15-19(14-17-10-5-3-6-11-17)21(16-18)22-20-12-7-4-8-13-20/h3-8,10-13,15H,2,9,14,16,22H2,1H3. The van der Waals surface area contributed by atoms with E-state index in [1.807, 2.05) is 0 Å². The maximum Gasteiger partial charge on any atom is 0.0832 e. The Morgan fingerprint density at radius 1 is 0.909 bits per heavy atom. The Hall–Kier alpha value is -1.86. The molecule has 0 spiro atoms. The van der Waals surface area contributed by atoms with Crippen molar-refractivity contribution in [2.45, 2.75) is 32.6 Å². The van der Waals surface area contributed by atoms with Crippen molar-refractivity contribution in [3.63, 3.8) is 0 Å². The predicted molar refractivity (Wildman–Crippen MR) is 99.4 cm³/mol. The smallest absolute Gasteiger partial charge is 0.0752 e. The van der Waals surface area contributed by atoms with Crippen molar-refractivity contribution < 1.29 is 0 Å². The Labute approximate surface area is 136 Å². The van der Waals surface area contributed by atoms with E-state index in [9.17, 15) is 0 Å². The van der Waals surface area contributed by atoms with Crippen LogP contribution < -0.4 is 5.19 Å². The third-order valence-electron chi connectivity index (χ3n) is 4.34. The van der Waals surface area contributed by atoms with Gasteiger partial charge in [0.2, 0.25) is 0 Å². The molecule has 1 aliphatic rings. The zero-order valence-electron chi connectivity index (χ0n) is 13.4. The van der Waals surface area contributed by atoms with Gasteiger partial charge in [0.05, 0.1) is 9.52 Å². The van der Waals surface area contributed by atoms with Crippen LogP contribution in [-0.2, 0) is 6.42 Å². The van der Waals surface area contributed by atoms with E-state index >= 15 is 0 Å². The summed E-state index contributed by atoms with van der Waals surface area (Å²) in [5, 5.41) is 3.31. The SMILES string of the molecule is CCCC1=CC(Cc2ccccc2)=C([SiH2]c2ccccc2)C1. The van der Waals surface area contributed by atoms with Gasteiger partial charge < -0.3 is 0 Å². The third-order valence-corrected chi connectivity index (χ3v) is 6.35. The normalized spacial score (nSPS) is 14.9. The molecule has 22 heavy (non-hydrogen) atoms. The molecule has 0 aliphatic heterocycles. The van der Waals surface area contributed by atoms with Crippen LogP contribution in [0.15, 0.2) is 83.1 Å². The summed E-state index contributed by atoms with van der Waals surface area (Å²) in [5.41, 5.74) is 4.68. The first-order valence-electron chi connectivity index (χ1n) is 8.33. The molecule has 112 valence electrons. The van der Waals surface area contributed by atoms with Crippen molar-refractivity contribution in [2.75, 3.05) is 0 Å². The number of allylic oxidation sites excluding steroid dienone is 4. The fourth-order valence-corrected chi connectivity index (χ4v) is 5.18. The fraction of sp³-hybridized carbons (Fsp3) is 0.238. The van der Waals surface area contributed by atoms with E-state index in [-0.39, 0.29) is 9.52 Å². The number of benzene rings is 2. The highest BCUT2D eigenvalue weighted by Crippen LogP contribution is 2.29. The van der Waals surface area contributed by atoms with Gasteiger partial charge in [-0.25, -0.2) is 0 Å². The van der Waals surface area contributed by atoms with E-state index in [2.05, 4.69) is 73.7 Å². The molecule has 0 saturated carbocycles. The second-order valence-electron chi connectivity index (χ2n) is 6.18. The van der Waals surface area contributed by atoms with Crippen LogP contribution in [0, 0.1) is 0 Å². The van der Waals surface area contributed by atoms with Crippen LogP contribution in [0.2, 0.25) is 0 Å². The second kappa shape index (κ2) is 7.41. The summed E-state index contributed by atoms with van der Waals surface area (Å²) in [6, 6.07) is 22.0. The quantitative estimate of drug-likeness (QED) is 0.705. The monoisotopic (exact) mass is 304 g/mol. The summed E-state index contributed by atoms with van der Waals surface area (Å²) in [4.78, 5) is 0. The lowest BCUT2D eigenvalue weighted by molar-refractivity contribution is 0.884. The van der Waals surface area contributed by atoms with Gasteiger partial charge in [0.1, 0.15) is 0 Å². The van der Waals surface area contributed by atoms with Crippen LogP contribution in [0.1, 0.15) is 31.7 Å². The van der Waals surface area contributed by atoms with E-state index in [4.69, 9.17) is 0 Å². The Morgan fingerprint density at radius 3 is 2.27 bits per heavy atom. The molecule has 2 aromatic rings. The average Bonchev–Trinajstić information content (AvgIpc) is 2.91. The molecule has 3 rings (SSSR count). The van der Waals surface area contributed by atoms with Gasteiger partial charge in [0.15, 0.2) is 0 Å². The van der Waals surface area contributed by atoms with Crippen LogP contribution in [0.5, 0.6) is 0 Å². The van der Waals surface area contributed by atoms with Gasteiger partial charge in [-0.2, -0.15) is 0 Å². The average molecular weight is 305 g/mol. The Morgan fingerprint density at radius 2 is 1.59 bits per heavy atom. The molecular weight excluding hydrogens is 280 g/mol. The number of rotatable bonds is 6. The predicted octanol–water partition coefficient (Wildman–Crippen LogP) is 4.11. The Balaban J connectivity index is 1.81. The van der Waals surface area contributed by atoms with Gasteiger partial charge in [-0.3, -0.25) is 0 Å². The van der Waals surface area contributed by atoms with Crippen molar-refractivity contribution in [2.24, 2.45) is 0 Å². The molecule has 0 bridgehead atoms. The third kappa shape index (κ3) is 3.86. The summed E-state index contributed by atoms with van der Waals surface area (Å²) in [5.74, 6) is 0. The zero-order chi connectivity index (χ0) is 15.2. The van der Waals surface area contributed by atoms with Crippen LogP contribution >= 0.6 is 0 Å². The highest BCUT2D eigenvalue weighted by Gasteiger charge is 2.16. The molecular formula is C21H24Si. The molecule has 0 radical (unpaired) electrons. The zero-order valence-corrected chi connectivity index (χ0v) is 14.8. The van der Waals surface area contributed by atoms with Crippen LogP contribution in [0.4, 0.5) is 0 Å². The van der Waals surface area contributed by atoms with E-state index in [1.165, 1.54) is 24.8 Å². The van der Waals surface area contributed by atoms with Crippen LogP contribution in [-0.4, -0.2) is 9.52 Å². The van der Waals surface area contributed by atoms with Crippen molar-refractivity contribution in [1.82, 2.24) is 0 Å². The molecule has 0 amide bonds. The molecule has 0 atom stereocenters. The minimum absolute atomic E-state index is 0.320. The van der Waals surface area contributed by atoms with Gasteiger partial charge in [-0.05, 0) is 30.4 Å². The number of hydrogen-bond acceptors (Lipinski definition) is 0. The fourth-order valence-electron chi connectivity index (χ4n) is 3.28. The van der Waals surface area contributed by atoms with Gasteiger partial charge >= 0.3 is 0 Å². The lowest BCUT2D eigenvalue weighted by Crippen LogP contribution is -2.16. The maximum atomic E-state index is 2.50. The molecule has 1 aliphatic carbocycles. The van der Waals surface area contributed by atoms with Gasteiger partial charge in [0, 0.05) is 0 Å². The summed E-state index contributed by atoms with van der Waals surface area (Å²) in [6.07, 6.45) is 7.34. The highest BCUT2D eigenvalue weighted by atomic mass is 28.2. The minimum Gasteiger partial charge on any atom is -0.0752 e. The molecule has 1 heteroatoms. The summed E-state index contributed by atoms with van der Waals surface area (Å²) in [6.45, 7) is 2.28. The van der Waals surface area contributed by atoms with Gasteiger partial charge in [0.25, 0.3) is 0 Å². The second-order valence-corrected chi connectivity index (χ2v) is 8.21. The topological polar surface area (TPSA) is 0 Å². The molecule has 0 heterocycles. The summed E-state index contributed by atoms with van der Waals surface area (Å²) in [7, 11) is -0.320. The first kappa shape index (κ1) is 15.0. The molecule has 0 fully saturated rings. The van der Waals surface area contributed by atoms with E-state index < -0.39 is 0 Å². The number of hydrogen-bond donors (Lipinski definition) is 0. The van der Waals surface area contributed by atoms with Crippen LogP contribution in [0.25, 0.3) is 0 Å². The Bertz CT molecular complexity index is 666. The van der Waals surface area contributed by atoms with Gasteiger partial charge in [-0.1, -0.05) is 96.0 Å². The maximum absolute atomic E-state index is 2.50. The molecule has 2 aromatic carbocycles. The molecule has 0 unspecified atom stereocenters. The molecule has 0 aromatic heterocycles. The molecule has 0 saturated heterocycles. The Kier molecular flexibility index (Phi) is 5.07. The summed E-state index contributed by atoms with van der Waals surface area (Å²) < 4.78 is 0. The van der Waals surface area contributed by atoms with Crippen molar-refractivity contribution in [3.05, 3.63) is 88.6 Å². The van der Waals surface area contributed by atoms with Crippen LogP contribution in [0.3, 0.4) is 0 Å². The van der Waals surface area contributed by atoms with E-state index in [0.717, 1.165) is 6.42 Å².